The van der Waals surface area contributed by atoms with Gasteiger partial charge in [0.05, 0.1) is 0 Å². The molecule has 0 saturated carbocycles. The molecule has 7 heteroatoms. The van der Waals surface area contributed by atoms with Crippen LogP contribution >= 0.6 is 39.9 Å². The molecule has 0 aromatic heterocycles. The van der Waals surface area contributed by atoms with Gasteiger partial charge in [0, 0.05) is 15.4 Å². The Morgan fingerprint density at radius 3 is 2.47 bits per heavy atom. The Balaban J connectivity index is 2.69. The van der Waals surface area contributed by atoms with E-state index in [4.69, 9.17) is 4.89 Å². The van der Waals surface area contributed by atoms with Crippen molar-refractivity contribution in [1.29, 1.82) is 0 Å². The zero-order chi connectivity index (χ0) is 14.2. The van der Waals surface area contributed by atoms with Crippen molar-refractivity contribution < 1.29 is 18.2 Å². The molecule has 0 spiro atoms. The molecule has 2 nitrogen and oxygen atoms in total. The number of alkyl halides is 3. The highest BCUT2D eigenvalue weighted by molar-refractivity contribution is 9.10. The minimum Gasteiger partial charge on any atom is -0.342 e. The molecule has 0 aliphatic heterocycles. The molecule has 0 bridgehead atoms. The van der Waals surface area contributed by atoms with Gasteiger partial charge in [-0.1, -0.05) is 50.1 Å². The van der Waals surface area contributed by atoms with E-state index in [1.54, 1.807) is 6.07 Å². The van der Waals surface area contributed by atoms with Crippen LogP contribution in [-0.2, 0) is 15.6 Å². The maximum atomic E-state index is 13.7. The van der Waals surface area contributed by atoms with E-state index in [0.717, 1.165) is 10.9 Å². The monoisotopic (exact) mass is 412 g/mol. The Kier molecular flexibility index (Phi) is 4.45. The number of halogens is 4. The molecular formula is C12H9Br2F2O2P. The van der Waals surface area contributed by atoms with Crippen LogP contribution < -0.4 is 0 Å². The summed E-state index contributed by atoms with van der Waals surface area (Å²) >= 11 is 6.33. The number of fused-ring (bicyclic) bond motifs is 1. The first-order valence-corrected chi connectivity index (χ1v) is 8.53. The minimum atomic E-state index is -3.99. The van der Waals surface area contributed by atoms with Gasteiger partial charge in [0.2, 0.25) is 0 Å². The normalized spacial score (nSPS) is 13.7. The molecule has 0 aliphatic carbocycles. The first-order valence-electron chi connectivity index (χ1n) is 5.26. The summed E-state index contributed by atoms with van der Waals surface area (Å²) in [5, 5.41) is 2.01. The summed E-state index contributed by atoms with van der Waals surface area (Å²) in [4.78, 5) is 8.80. The Bertz CT molecular complexity index is 661. The van der Waals surface area contributed by atoms with Gasteiger partial charge in [0.1, 0.15) is 0 Å². The summed E-state index contributed by atoms with van der Waals surface area (Å²) < 4.78 is 38.4. The van der Waals surface area contributed by atoms with Crippen molar-refractivity contribution in [3.8, 4) is 0 Å². The largest absolute Gasteiger partial charge is 0.344 e. The van der Waals surface area contributed by atoms with Gasteiger partial charge in [0.15, 0.2) is 0 Å². The average molecular weight is 414 g/mol. The molecule has 1 N–H and O–H groups in total. The van der Waals surface area contributed by atoms with Gasteiger partial charge in [-0.2, -0.15) is 8.78 Å². The van der Waals surface area contributed by atoms with Crippen LogP contribution in [0.2, 0.25) is 0 Å². The van der Waals surface area contributed by atoms with Gasteiger partial charge in [-0.05, 0) is 28.5 Å². The Labute approximate surface area is 125 Å². The van der Waals surface area contributed by atoms with Crippen LogP contribution in [0.1, 0.15) is 11.1 Å². The second kappa shape index (κ2) is 5.60. The van der Waals surface area contributed by atoms with E-state index in [1.807, 2.05) is 12.1 Å². The lowest BCUT2D eigenvalue weighted by atomic mass is 10.0. The predicted molar refractivity (Wildman–Crippen MR) is 79.4 cm³/mol. The molecule has 0 fully saturated rings. The average Bonchev–Trinajstić information content (AvgIpc) is 2.37. The van der Waals surface area contributed by atoms with Gasteiger partial charge in [-0.15, -0.1) is 0 Å². The highest BCUT2D eigenvalue weighted by Gasteiger charge is 2.39. The second-order valence-corrected chi connectivity index (χ2v) is 6.68. The molecular weight excluding hydrogens is 405 g/mol. The fourth-order valence-electron chi connectivity index (χ4n) is 1.76. The molecule has 2 rings (SSSR count). The summed E-state index contributed by atoms with van der Waals surface area (Å²) in [7, 11) is -3.99. The van der Waals surface area contributed by atoms with Crippen LogP contribution in [0.5, 0.6) is 0 Å². The molecule has 1 atom stereocenters. The second-order valence-electron chi connectivity index (χ2n) is 4.03. The van der Waals surface area contributed by atoms with Crippen molar-refractivity contribution >= 4 is 50.7 Å². The lowest BCUT2D eigenvalue weighted by molar-refractivity contribution is 0.0808. The zero-order valence-electron chi connectivity index (χ0n) is 9.46. The summed E-state index contributed by atoms with van der Waals surface area (Å²) in [6.45, 7) is 0. The summed E-state index contributed by atoms with van der Waals surface area (Å²) in [6.07, 6.45) is 0. The third-order valence-corrected chi connectivity index (χ3v) is 4.86. The van der Waals surface area contributed by atoms with Crippen molar-refractivity contribution in [2.45, 2.75) is 11.0 Å². The van der Waals surface area contributed by atoms with Gasteiger partial charge in [0.25, 0.3) is 8.03 Å². The highest BCUT2D eigenvalue weighted by atomic mass is 79.9. The molecule has 0 aliphatic rings. The van der Waals surface area contributed by atoms with E-state index in [-0.39, 0.29) is 4.47 Å². The van der Waals surface area contributed by atoms with Crippen LogP contribution in [-0.4, -0.2) is 4.89 Å². The molecule has 19 heavy (non-hydrogen) atoms. The highest BCUT2D eigenvalue weighted by Crippen LogP contribution is 2.50. The molecule has 0 saturated heterocycles. The molecule has 0 amide bonds. The van der Waals surface area contributed by atoms with Crippen LogP contribution in [0.4, 0.5) is 8.78 Å². The topological polar surface area (TPSA) is 37.3 Å². The molecule has 0 radical (unpaired) electrons. The van der Waals surface area contributed by atoms with E-state index >= 15 is 0 Å². The van der Waals surface area contributed by atoms with Crippen molar-refractivity contribution in [3.05, 3.63) is 45.9 Å². The number of rotatable bonds is 3. The van der Waals surface area contributed by atoms with Gasteiger partial charge >= 0.3 is 5.66 Å². The van der Waals surface area contributed by atoms with Gasteiger partial charge < -0.3 is 4.89 Å². The van der Waals surface area contributed by atoms with Gasteiger partial charge in [-0.25, -0.2) is 0 Å². The molecule has 2 aromatic rings. The fraction of sp³-hybridized carbons (Fsp3) is 0.167. The summed E-state index contributed by atoms with van der Waals surface area (Å²) in [5.74, 6) is 0. The van der Waals surface area contributed by atoms with Crippen molar-refractivity contribution in [1.82, 2.24) is 0 Å². The third kappa shape index (κ3) is 2.92. The molecule has 102 valence electrons. The maximum Gasteiger partial charge on any atom is 0.344 e. The van der Waals surface area contributed by atoms with Crippen LogP contribution in [0.3, 0.4) is 0 Å². The standard InChI is InChI=1S/C12H9Br2F2O2P/c13-6-7-1-2-8-5-11(14)10(4-9(8)3-7)12(15,16)19(17)18/h1-5,19H,6H2,(H,17,18). The maximum absolute atomic E-state index is 13.7. The van der Waals surface area contributed by atoms with E-state index in [1.165, 1.54) is 12.1 Å². The predicted octanol–water partition coefficient (Wildman–Crippen LogP) is 5.01. The Hall–Kier alpha value is -0.290. The first kappa shape index (κ1) is 15.1. The smallest absolute Gasteiger partial charge is 0.342 e. The van der Waals surface area contributed by atoms with E-state index in [0.29, 0.717) is 10.7 Å². The summed E-state index contributed by atoms with van der Waals surface area (Å²) in [5.41, 5.74) is -3.25. The van der Waals surface area contributed by atoms with Crippen molar-refractivity contribution in [3.63, 3.8) is 0 Å². The van der Waals surface area contributed by atoms with Crippen LogP contribution in [0.25, 0.3) is 10.8 Å². The van der Waals surface area contributed by atoms with Crippen molar-refractivity contribution in [2.24, 2.45) is 0 Å². The Morgan fingerprint density at radius 1 is 1.21 bits per heavy atom. The van der Waals surface area contributed by atoms with Gasteiger partial charge in [-0.3, -0.25) is 4.57 Å². The molecule has 2 aromatic carbocycles. The number of hydrogen-bond acceptors (Lipinski definition) is 1. The molecule has 0 heterocycles. The lowest BCUT2D eigenvalue weighted by Gasteiger charge is -2.16. The lowest BCUT2D eigenvalue weighted by Crippen LogP contribution is -2.08. The van der Waals surface area contributed by atoms with E-state index in [2.05, 4.69) is 31.9 Å². The number of benzene rings is 2. The van der Waals surface area contributed by atoms with Crippen LogP contribution in [0.15, 0.2) is 34.8 Å². The molecule has 1 unspecified atom stereocenters. The number of hydrogen-bond donors (Lipinski definition) is 1. The third-order valence-electron chi connectivity index (χ3n) is 2.75. The fourth-order valence-corrected chi connectivity index (χ4v) is 3.34. The SMILES string of the molecule is O=[PH](O)C(F)(F)c1cc2cc(CBr)ccc2cc1Br. The first-order chi connectivity index (χ1) is 8.86. The van der Waals surface area contributed by atoms with E-state index < -0.39 is 19.3 Å². The summed E-state index contributed by atoms with van der Waals surface area (Å²) in [6, 6.07) is 8.26. The van der Waals surface area contributed by atoms with E-state index in [9.17, 15) is 13.3 Å². The Morgan fingerprint density at radius 2 is 1.89 bits per heavy atom. The zero-order valence-corrected chi connectivity index (χ0v) is 13.6. The quantitative estimate of drug-likeness (QED) is 0.567. The van der Waals surface area contributed by atoms with Crippen LogP contribution in [0, 0.1) is 0 Å². The minimum absolute atomic E-state index is 0.129. The van der Waals surface area contributed by atoms with Crippen molar-refractivity contribution in [2.75, 3.05) is 0 Å².